The van der Waals surface area contributed by atoms with E-state index in [1.807, 2.05) is 21.9 Å². The van der Waals surface area contributed by atoms with Gasteiger partial charge in [0.15, 0.2) is 5.76 Å². The number of piperidine rings is 1. The molecule has 3 amide bonds. The van der Waals surface area contributed by atoms with Crippen molar-refractivity contribution in [2.75, 3.05) is 39.3 Å². The van der Waals surface area contributed by atoms with E-state index in [0.29, 0.717) is 64.3 Å². The summed E-state index contributed by atoms with van der Waals surface area (Å²) in [4.78, 5) is 48.0. The number of amides is 3. The molecule has 0 saturated carbocycles. The minimum atomic E-state index is -0.273. The van der Waals surface area contributed by atoms with Gasteiger partial charge >= 0.3 is 0 Å². The van der Waals surface area contributed by atoms with Crippen LogP contribution in [0.15, 0.2) is 47.3 Å². The maximum atomic E-state index is 13.1. The van der Waals surface area contributed by atoms with Gasteiger partial charge in [-0.2, -0.15) is 0 Å². The van der Waals surface area contributed by atoms with E-state index < -0.39 is 0 Å². The third-order valence-corrected chi connectivity index (χ3v) is 7.08. The van der Waals surface area contributed by atoms with Crippen LogP contribution in [0.4, 0.5) is 0 Å². The Labute approximate surface area is 198 Å². The average molecular weight is 467 g/mol. The van der Waals surface area contributed by atoms with Crippen LogP contribution < -0.4 is 10.9 Å². The summed E-state index contributed by atoms with van der Waals surface area (Å²) in [5.41, 5.74) is 7.45. The smallest absolute Gasteiger partial charge is 0.289 e. The van der Waals surface area contributed by atoms with Gasteiger partial charge in [0, 0.05) is 63.6 Å². The molecule has 3 fully saturated rings. The standard InChI is InChI=1S/C24H30N6O4/c31-22(29-11-13-30(14-12-29)24(33)21-2-1-15-34-21)18-5-9-28(10-6-18)23(32)20-16-19(26-27-20)17-3-7-25-8-4-17/h1-4,7-8,15,18-20,26-27H,5-6,9-14,16H2. The number of likely N-dealkylation sites (tertiary alicyclic amines) is 1. The summed E-state index contributed by atoms with van der Waals surface area (Å²) >= 11 is 0. The zero-order valence-corrected chi connectivity index (χ0v) is 19.1. The molecule has 2 aromatic rings. The molecule has 3 aliphatic rings. The lowest BCUT2D eigenvalue weighted by Gasteiger charge is -2.38. The van der Waals surface area contributed by atoms with Crippen molar-refractivity contribution < 1.29 is 18.8 Å². The Morgan fingerprint density at radius 3 is 2.21 bits per heavy atom. The Morgan fingerprint density at radius 2 is 1.53 bits per heavy atom. The van der Waals surface area contributed by atoms with Crippen molar-refractivity contribution in [3.05, 3.63) is 54.2 Å². The second-order valence-corrected chi connectivity index (χ2v) is 9.10. The van der Waals surface area contributed by atoms with Crippen LogP contribution in [0.2, 0.25) is 0 Å². The average Bonchev–Trinajstić information content (AvgIpc) is 3.61. The number of carbonyl (C=O) groups excluding carboxylic acids is 3. The SMILES string of the molecule is O=C(c1ccco1)N1CCN(C(=O)C2CCN(C(=O)C3CC(c4ccncc4)NN3)CC2)CC1. The van der Waals surface area contributed by atoms with Gasteiger partial charge in [-0.05, 0) is 49.1 Å². The van der Waals surface area contributed by atoms with E-state index in [-0.39, 0.29) is 35.7 Å². The lowest BCUT2D eigenvalue weighted by Crippen LogP contribution is -2.54. The number of hydrogen-bond acceptors (Lipinski definition) is 7. The lowest BCUT2D eigenvalue weighted by atomic mass is 9.94. The highest BCUT2D eigenvalue weighted by atomic mass is 16.3. The molecule has 2 aromatic heterocycles. The van der Waals surface area contributed by atoms with Gasteiger partial charge in [0.1, 0.15) is 6.04 Å². The highest BCUT2D eigenvalue weighted by molar-refractivity contribution is 5.91. The number of carbonyl (C=O) groups is 3. The van der Waals surface area contributed by atoms with Crippen LogP contribution in [0, 0.1) is 5.92 Å². The molecule has 34 heavy (non-hydrogen) atoms. The van der Waals surface area contributed by atoms with E-state index >= 15 is 0 Å². The molecule has 0 aromatic carbocycles. The molecule has 2 N–H and O–H groups in total. The zero-order valence-electron chi connectivity index (χ0n) is 19.1. The fraction of sp³-hybridized carbons (Fsp3) is 0.500. The number of pyridine rings is 1. The molecule has 10 heteroatoms. The van der Waals surface area contributed by atoms with E-state index in [9.17, 15) is 14.4 Å². The van der Waals surface area contributed by atoms with E-state index in [2.05, 4.69) is 15.8 Å². The van der Waals surface area contributed by atoms with Crippen LogP contribution in [0.3, 0.4) is 0 Å². The van der Waals surface area contributed by atoms with Crippen LogP contribution in [0.25, 0.3) is 0 Å². The van der Waals surface area contributed by atoms with Gasteiger partial charge in [0.25, 0.3) is 5.91 Å². The summed E-state index contributed by atoms with van der Waals surface area (Å²) in [7, 11) is 0. The van der Waals surface area contributed by atoms with Crippen LogP contribution in [-0.4, -0.2) is 82.7 Å². The van der Waals surface area contributed by atoms with Crippen molar-refractivity contribution in [3.8, 4) is 0 Å². The second kappa shape index (κ2) is 9.94. The van der Waals surface area contributed by atoms with Crippen molar-refractivity contribution in [1.82, 2.24) is 30.5 Å². The van der Waals surface area contributed by atoms with Gasteiger partial charge < -0.3 is 19.1 Å². The van der Waals surface area contributed by atoms with Crippen LogP contribution in [-0.2, 0) is 9.59 Å². The molecule has 5 heterocycles. The highest BCUT2D eigenvalue weighted by Gasteiger charge is 2.37. The van der Waals surface area contributed by atoms with Gasteiger partial charge in [-0.25, -0.2) is 10.9 Å². The molecule has 0 aliphatic carbocycles. The Balaban J connectivity index is 1.07. The van der Waals surface area contributed by atoms with Gasteiger partial charge in [0.05, 0.1) is 6.26 Å². The molecule has 2 unspecified atom stereocenters. The van der Waals surface area contributed by atoms with Gasteiger partial charge in [-0.15, -0.1) is 0 Å². The summed E-state index contributed by atoms with van der Waals surface area (Å²) in [5, 5.41) is 0. The topological polar surface area (TPSA) is 111 Å². The summed E-state index contributed by atoms with van der Waals surface area (Å²) in [6.07, 6.45) is 7.02. The summed E-state index contributed by atoms with van der Waals surface area (Å²) in [6.45, 7) is 3.23. The molecule has 2 atom stereocenters. The number of hydrazine groups is 1. The Kier molecular flexibility index (Phi) is 6.59. The molecular formula is C24H30N6O4. The Hall–Kier alpha value is -3.24. The highest BCUT2D eigenvalue weighted by Crippen LogP contribution is 2.25. The first-order valence-corrected chi connectivity index (χ1v) is 11.9. The van der Waals surface area contributed by atoms with Crippen molar-refractivity contribution in [2.45, 2.75) is 31.3 Å². The molecule has 3 saturated heterocycles. The molecule has 180 valence electrons. The van der Waals surface area contributed by atoms with Crippen molar-refractivity contribution in [3.63, 3.8) is 0 Å². The monoisotopic (exact) mass is 466 g/mol. The maximum Gasteiger partial charge on any atom is 0.289 e. The van der Waals surface area contributed by atoms with Crippen molar-refractivity contribution in [2.24, 2.45) is 5.92 Å². The number of aromatic nitrogens is 1. The maximum absolute atomic E-state index is 13.1. The molecular weight excluding hydrogens is 436 g/mol. The normalized spacial score (nSPS) is 23.8. The second-order valence-electron chi connectivity index (χ2n) is 9.10. The lowest BCUT2D eigenvalue weighted by molar-refractivity contribution is -0.142. The van der Waals surface area contributed by atoms with E-state index in [0.717, 1.165) is 5.56 Å². The predicted molar refractivity (Wildman–Crippen MR) is 122 cm³/mol. The van der Waals surface area contributed by atoms with E-state index in [1.54, 1.807) is 29.4 Å². The number of nitrogens with one attached hydrogen (secondary N) is 2. The fourth-order valence-electron chi connectivity index (χ4n) is 5.04. The van der Waals surface area contributed by atoms with E-state index in [1.165, 1.54) is 6.26 Å². The van der Waals surface area contributed by atoms with E-state index in [4.69, 9.17) is 4.42 Å². The van der Waals surface area contributed by atoms with Gasteiger partial charge in [-0.1, -0.05) is 0 Å². The fourth-order valence-corrected chi connectivity index (χ4v) is 5.04. The summed E-state index contributed by atoms with van der Waals surface area (Å²) in [5.74, 6) is 0.340. The number of rotatable bonds is 4. The first-order chi connectivity index (χ1) is 16.6. The number of nitrogens with zero attached hydrogens (tertiary/aromatic N) is 4. The van der Waals surface area contributed by atoms with Crippen molar-refractivity contribution >= 4 is 17.7 Å². The quantitative estimate of drug-likeness (QED) is 0.686. The zero-order chi connectivity index (χ0) is 23.5. The van der Waals surface area contributed by atoms with Crippen LogP contribution in [0.5, 0.6) is 0 Å². The molecule has 5 rings (SSSR count). The van der Waals surface area contributed by atoms with Crippen molar-refractivity contribution in [1.29, 1.82) is 0 Å². The number of piperazine rings is 1. The van der Waals surface area contributed by atoms with Gasteiger partial charge in [-0.3, -0.25) is 19.4 Å². The molecule has 0 radical (unpaired) electrons. The third-order valence-electron chi connectivity index (χ3n) is 7.08. The summed E-state index contributed by atoms with van der Waals surface area (Å²) < 4.78 is 5.20. The first kappa shape index (κ1) is 22.5. The molecule has 3 aliphatic heterocycles. The minimum absolute atomic E-state index is 0.0735. The largest absolute Gasteiger partial charge is 0.459 e. The number of furan rings is 1. The predicted octanol–water partition coefficient (Wildman–Crippen LogP) is 0.805. The first-order valence-electron chi connectivity index (χ1n) is 11.9. The minimum Gasteiger partial charge on any atom is -0.459 e. The Bertz CT molecular complexity index is 998. The van der Waals surface area contributed by atoms with Gasteiger partial charge in [0.2, 0.25) is 11.8 Å². The molecule has 0 bridgehead atoms. The Morgan fingerprint density at radius 1 is 0.853 bits per heavy atom. The number of hydrogen-bond donors (Lipinski definition) is 2. The third kappa shape index (κ3) is 4.69. The van der Waals surface area contributed by atoms with Crippen LogP contribution in [0.1, 0.15) is 41.4 Å². The van der Waals surface area contributed by atoms with Crippen LogP contribution >= 0.6 is 0 Å². The molecule has 10 nitrogen and oxygen atoms in total. The summed E-state index contributed by atoms with van der Waals surface area (Å²) in [6, 6.07) is 7.07. The molecule has 0 spiro atoms.